The van der Waals surface area contributed by atoms with Gasteiger partial charge in [0.1, 0.15) is 5.75 Å². The third-order valence-corrected chi connectivity index (χ3v) is 5.23. The number of nitrogens with zero attached hydrogens (tertiary/aromatic N) is 3. The number of Topliss-reactive ketones (excluding diaryl/α,β-unsaturated/α-hetero) is 1. The number of thioether (sulfide) groups is 1. The summed E-state index contributed by atoms with van der Waals surface area (Å²) in [7, 11) is 1.66. The summed E-state index contributed by atoms with van der Waals surface area (Å²) in [6, 6.07) is 7.89. The number of rotatable bonds is 6. The molecule has 2 aliphatic rings. The number of amides is 2. The minimum absolute atomic E-state index is 0.102. The molecule has 8 heteroatoms. The Labute approximate surface area is 150 Å². The van der Waals surface area contributed by atoms with Gasteiger partial charge in [-0.1, -0.05) is 23.9 Å². The summed E-state index contributed by atoms with van der Waals surface area (Å²) in [6.07, 6.45) is 0. The molecule has 25 heavy (non-hydrogen) atoms. The first-order valence-corrected chi connectivity index (χ1v) is 9.16. The average molecular weight is 363 g/mol. The Morgan fingerprint density at radius 2 is 1.84 bits per heavy atom. The van der Waals surface area contributed by atoms with Crippen molar-refractivity contribution in [3.05, 3.63) is 24.3 Å². The second-order valence-corrected chi connectivity index (χ2v) is 6.93. The molecule has 2 amide bonds. The molecule has 2 fully saturated rings. The Balaban J connectivity index is 1.50. The summed E-state index contributed by atoms with van der Waals surface area (Å²) in [5.74, 6) is 0.610. The van der Waals surface area contributed by atoms with Crippen LogP contribution in [-0.4, -0.2) is 78.9 Å². The van der Waals surface area contributed by atoms with Crippen LogP contribution in [0.2, 0.25) is 0 Å². The van der Waals surface area contributed by atoms with Crippen molar-refractivity contribution in [3.8, 4) is 5.75 Å². The Morgan fingerprint density at radius 3 is 2.48 bits per heavy atom. The van der Waals surface area contributed by atoms with Crippen LogP contribution in [0, 0.1) is 0 Å². The van der Waals surface area contributed by atoms with E-state index in [4.69, 9.17) is 4.74 Å². The van der Waals surface area contributed by atoms with E-state index in [2.05, 4.69) is 9.80 Å². The van der Waals surface area contributed by atoms with Crippen molar-refractivity contribution in [1.29, 1.82) is 0 Å². The van der Waals surface area contributed by atoms with E-state index in [0.29, 0.717) is 0 Å². The molecule has 2 aliphatic heterocycles. The van der Waals surface area contributed by atoms with E-state index in [1.807, 2.05) is 24.3 Å². The van der Waals surface area contributed by atoms with Crippen LogP contribution in [0.15, 0.2) is 24.3 Å². The highest BCUT2D eigenvalue weighted by molar-refractivity contribution is 8.14. The lowest BCUT2D eigenvalue weighted by molar-refractivity contribution is -0.130. The number of para-hydroxylation sites is 2. The molecule has 3 rings (SSSR count). The number of hydrogen-bond acceptors (Lipinski definition) is 7. The highest BCUT2D eigenvalue weighted by Crippen LogP contribution is 2.28. The summed E-state index contributed by atoms with van der Waals surface area (Å²) in [6.45, 7) is 3.25. The van der Waals surface area contributed by atoms with E-state index in [1.54, 1.807) is 7.11 Å². The van der Waals surface area contributed by atoms with Crippen LogP contribution < -0.4 is 9.64 Å². The molecule has 0 radical (unpaired) electrons. The SMILES string of the molecule is COc1ccccc1N1CCN(CC(=O)CN2C(=O)CSC2=O)CC1. The van der Waals surface area contributed by atoms with E-state index in [0.717, 1.165) is 54.3 Å². The number of carbonyl (C=O) groups excluding carboxylic acids is 3. The van der Waals surface area contributed by atoms with Gasteiger partial charge in [-0.05, 0) is 12.1 Å². The zero-order chi connectivity index (χ0) is 17.8. The molecule has 0 bridgehead atoms. The molecular formula is C17H21N3O4S. The van der Waals surface area contributed by atoms with Crippen molar-refractivity contribution in [2.24, 2.45) is 0 Å². The van der Waals surface area contributed by atoms with Gasteiger partial charge in [0.05, 0.1) is 31.6 Å². The number of carbonyl (C=O) groups is 3. The molecule has 0 N–H and O–H groups in total. The predicted octanol–water partition coefficient (Wildman–Crippen LogP) is 1.08. The van der Waals surface area contributed by atoms with E-state index < -0.39 is 0 Å². The first-order valence-electron chi connectivity index (χ1n) is 8.17. The normalized spacial score (nSPS) is 18.8. The number of ether oxygens (including phenoxy) is 1. The van der Waals surface area contributed by atoms with Crippen molar-refractivity contribution in [1.82, 2.24) is 9.80 Å². The third kappa shape index (κ3) is 4.13. The van der Waals surface area contributed by atoms with E-state index >= 15 is 0 Å². The van der Waals surface area contributed by atoms with Crippen LogP contribution in [0.5, 0.6) is 5.75 Å². The molecule has 0 aromatic heterocycles. The fourth-order valence-electron chi connectivity index (χ4n) is 3.05. The molecule has 0 saturated carbocycles. The fraction of sp³-hybridized carbons (Fsp3) is 0.471. The molecule has 0 aliphatic carbocycles. The number of anilines is 1. The van der Waals surface area contributed by atoms with Crippen LogP contribution in [0.3, 0.4) is 0 Å². The van der Waals surface area contributed by atoms with Gasteiger partial charge in [0.15, 0.2) is 5.78 Å². The molecule has 2 saturated heterocycles. The van der Waals surface area contributed by atoms with Crippen molar-refractivity contribution in [3.63, 3.8) is 0 Å². The molecule has 0 unspecified atom stereocenters. The van der Waals surface area contributed by atoms with Gasteiger partial charge in [-0.3, -0.25) is 24.2 Å². The van der Waals surface area contributed by atoms with Crippen molar-refractivity contribution in [2.45, 2.75) is 0 Å². The predicted molar refractivity (Wildman–Crippen MR) is 96.2 cm³/mol. The van der Waals surface area contributed by atoms with Crippen LogP contribution in [0.1, 0.15) is 0 Å². The Kier molecular flexibility index (Phi) is 5.60. The second-order valence-electron chi connectivity index (χ2n) is 6.01. The van der Waals surface area contributed by atoms with Gasteiger partial charge in [-0.2, -0.15) is 0 Å². The number of benzene rings is 1. The highest BCUT2D eigenvalue weighted by atomic mass is 32.2. The molecule has 7 nitrogen and oxygen atoms in total. The molecule has 1 aromatic carbocycles. The topological polar surface area (TPSA) is 70.2 Å². The van der Waals surface area contributed by atoms with Gasteiger partial charge >= 0.3 is 0 Å². The number of piperazine rings is 1. The fourth-order valence-corrected chi connectivity index (χ4v) is 3.77. The summed E-state index contributed by atoms with van der Waals surface area (Å²) in [4.78, 5) is 40.7. The summed E-state index contributed by atoms with van der Waals surface area (Å²) < 4.78 is 5.40. The maximum atomic E-state index is 12.2. The van der Waals surface area contributed by atoms with E-state index in [9.17, 15) is 14.4 Å². The standard InChI is InChI=1S/C17H21N3O4S/c1-24-15-5-3-2-4-14(15)19-8-6-18(7-9-19)10-13(21)11-20-16(22)12-25-17(20)23/h2-5H,6-12H2,1H3. The quantitative estimate of drug-likeness (QED) is 0.749. The Hall–Kier alpha value is -2.06. The minimum Gasteiger partial charge on any atom is -0.495 e. The van der Waals surface area contributed by atoms with Crippen LogP contribution >= 0.6 is 11.8 Å². The third-order valence-electron chi connectivity index (χ3n) is 4.37. The van der Waals surface area contributed by atoms with Gasteiger partial charge in [0.25, 0.3) is 5.24 Å². The Morgan fingerprint density at radius 1 is 1.12 bits per heavy atom. The number of ketones is 1. The van der Waals surface area contributed by atoms with Gasteiger partial charge in [-0.15, -0.1) is 0 Å². The summed E-state index contributed by atoms with van der Waals surface area (Å²) in [5.41, 5.74) is 1.06. The molecule has 0 atom stereocenters. The van der Waals surface area contributed by atoms with Gasteiger partial charge < -0.3 is 9.64 Å². The lowest BCUT2D eigenvalue weighted by Gasteiger charge is -2.36. The van der Waals surface area contributed by atoms with Crippen LogP contribution in [-0.2, 0) is 9.59 Å². The zero-order valence-electron chi connectivity index (χ0n) is 14.1. The highest BCUT2D eigenvalue weighted by Gasteiger charge is 2.32. The smallest absolute Gasteiger partial charge is 0.289 e. The van der Waals surface area contributed by atoms with Crippen molar-refractivity contribution >= 4 is 34.4 Å². The number of hydrogen-bond donors (Lipinski definition) is 0. The van der Waals surface area contributed by atoms with E-state index in [-0.39, 0.29) is 35.8 Å². The molecular weight excluding hydrogens is 342 g/mol. The molecule has 1 aromatic rings. The minimum atomic E-state index is -0.320. The first kappa shape index (κ1) is 17.8. The maximum Gasteiger partial charge on any atom is 0.289 e. The monoisotopic (exact) mass is 363 g/mol. The maximum absolute atomic E-state index is 12.2. The Bertz CT molecular complexity index is 658. The zero-order valence-corrected chi connectivity index (χ0v) is 15.0. The number of imide groups is 1. The lowest BCUT2D eigenvalue weighted by Crippen LogP contribution is -2.49. The van der Waals surface area contributed by atoms with Crippen molar-refractivity contribution < 1.29 is 19.1 Å². The largest absolute Gasteiger partial charge is 0.495 e. The van der Waals surface area contributed by atoms with Crippen LogP contribution in [0.25, 0.3) is 0 Å². The van der Waals surface area contributed by atoms with Gasteiger partial charge in [0, 0.05) is 26.2 Å². The van der Waals surface area contributed by atoms with Crippen LogP contribution in [0.4, 0.5) is 10.5 Å². The molecule has 134 valence electrons. The second kappa shape index (κ2) is 7.88. The van der Waals surface area contributed by atoms with Crippen molar-refractivity contribution in [2.75, 3.05) is 57.0 Å². The van der Waals surface area contributed by atoms with E-state index in [1.165, 1.54) is 0 Å². The summed E-state index contributed by atoms with van der Waals surface area (Å²) in [5, 5.41) is -0.320. The van der Waals surface area contributed by atoms with Gasteiger partial charge in [-0.25, -0.2) is 0 Å². The molecule has 2 heterocycles. The summed E-state index contributed by atoms with van der Waals surface area (Å²) >= 11 is 0.956. The van der Waals surface area contributed by atoms with Gasteiger partial charge in [0.2, 0.25) is 5.91 Å². The lowest BCUT2D eigenvalue weighted by atomic mass is 10.2. The average Bonchev–Trinajstić information content (AvgIpc) is 2.94. The molecule has 0 spiro atoms. The number of methoxy groups -OCH3 is 1. The first-order chi connectivity index (χ1) is 12.1.